The van der Waals surface area contributed by atoms with E-state index in [1.54, 1.807) is 0 Å². The molecular formula is C19H25N3O4. The first-order valence-corrected chi connectivity index (χ1v) is 8.64. The molecule has 3 N–H and O–H groups in total. The zero-order valence-corrected chi connectivity index (χ0v) is 15.3. The van der Waals surface area contributed by atoms with Gasteiger partial charge in [-0.1, -0.05) is 51.1 Å². The summed E-state index contributed by atoms with van der Waals surface area (Å²) in [5.41, 5.74) is 6.81. The fourth-order valence-corrected chi connectivity index (χ4v) is 2.27. The third kappa shape index (κ3) is 5.16. The maximum atomic E-state index is 12.4. The molecule has 0 fully saturated rings. The Labute approximate surface area is 152 Å². The summed E-state index contributed by atoms with van der Waals surface area (Å²) in [5.74, 6) is -0.846. The zero-order chi connectivity index (χ0) is 19.1. The lowest BCUT2D eigenvalue weighted by Crippen LogP contribution is -2.45. The average Bonchev–Trinajstić information content (AvgIpc) is 3.14. The Morgan fingerprint density at radius 2 is 1.96 bits per heavy atom. The molecule has 0 spiro atoms. The summed E-state index contributed by atoms with van der Waals surface area (Å²) in [6.45, 7) is 5.70. The Bertz CT molecular complexity index is 727. The third-order valence-electron chi connectivity index (χ3n) is 3.94. The van der Waals surface area contributed by atoms with Gasteiger partial charge in [0, 0.05) is 0 Å². The van der Waals surface area contributed by atoms with Gasteiger partial charge in [-0.25, -0.2) is 9.78 Å². The van der Waals surface area contributed by atoms with Crippen molar-refractivity contribution in [1.82, 2.24) is 10.3 Å². The summed E-state index contributed by atoms with van der Waals surface area (Å²) in [7, 11) is 0. The summed E-state index contributed by atoms with van der Waals surface area (Å²) < 4.78 is 10.6. The van der Waals surface area contributed by atoms with Crippen LogP contribution >= 0.6 is 0 Å². The summed E-state index contributed by atoms with van der Waals surface area (Å²) in [6.07, 6.45) is 1.88. The highest BCUT2D eigenvalue weighted by molar-refractivity contribution is 5.95. The van der Waals surface area contributed by atoms with E-state index in [1.807, 2.05) is 51.1 Å². The van der Waals surface area contributed by atoms with Gasteiger partial charge in [0.05, 0.1) is 6.04 Å². The van der Waals surface area contributed by atoms with Crippen molar-refractivity contribution in [3.63, 3.8) is 0 Å². The first kappa shape index (κ1) is 19.7. The molecule has 2 aromatic rings. The molecule has 1 heterocycles. The van der Waals surface area contributed by atoms with E-state index in [4.69, 9.17) is 14.9 Å². The van der Waals surface area contributed by atoms with Crippen molar-refractivity contribution in [2.24, 2.45) is 11.7 Å². The molecule has 0 aliphatic heterocycles. The highest BCUT2D eigenvalue weighted by Crippen LogP contribution is 2.14. The molecule has 0 aliphatic rings. The molecule has 140 valence electrons. The van der Waals surface area contributed by atoms with Crippen LogP contribution in [0.25, 0.3) is 0 Å². The predicted octanol–water partition coefficient (Wildman–Crippen LogP) is 2.58. The number of carbonyl (C=O) groups is 2. The maximum Gasteiger partial charge on any atom is 0.329 e. The van der Waals surface area contributed by atoms with Crippen molar-refractivity contribution in [3.05, 3.63) is 53.7 Å². The number of hydrogen-bond donors (Lipinski definition) is 2. The minimum atomic E-state index is -0.786. The van der Waals surface area contributed by atoms with Crippen LogP contribution in [0, 0.1) is 5.92 Å². The minimum absolute atomic E-state index is 0.0883. The lowest BCUT2D eigenvalue weighted by atomic mass is 10.0. The van der Waals surface area contributed by atoms with E-state index in [1.165, 1.54) is 6.26 Å². The second-order valence-corrected chi connectivity index (χ2v) is 6.37. The van der Waals surface area contributed by atoms with Crippen molar-refractivity contribution in [2.45, 2.75) is 45.9 Å². The largest absolute Gasteiger partial charge is 0.459 e. The Balaban J connectivity index is 1.99. The van der Waals surface area contributed by atoms with Crippen molar-refractivity contribution >= 4 is 11.9 Å². The number of hydrogen-bond acceptors (Lipinski definition) is 6. The molecule has 7 nitrogen and oxygen atoms in total. The second kappa shape index (κ2) is 9.15. The van der Waals surface area contributed by atoms with Gasteiger partial charge in [0.2, 0.25) is 5.89 Å². The number of benzene rings is 1. The fourth-order valence-electron chi connectivity index (χ4n) is 2.27. The van der Waals surface area contributed by atoms with Crippen molar-refractivity contribution in [2.75, 3.05) is 0 Å². The average molecular weight is 359 g/mol. The number of oxazole rings is 1. The molecule has 0 saturated heterocycles. The number of carbonyl (C=O) groups excluding carboxylic acids is 2. The molecule has 7 heteroatoms. The molecule has 0 saturated carbocycles. The fraction of sp³-hybridized carbons (Fsp3) is 0.421. The van der Waals surface area contributed by atoms with Crippen LogP contribution in [0.5, 0.6) is 0 Å². The highest BCUT2D eigenvalue weighted by atomic mass is 16.5. The lowest BCUT2D eigenvalue weighted by Gasteiger charge is -2.20. The van der Waals surface area contributed by atoms with Crippen LogP contribution in [0.1, 0.15) is 55.2 Å². The van der Waals surface area contributed by atoms with Crippen LogP contribution < -0.4 is 11.1 Å². The molecule has 0 radical (unpaired) electrons. The summed E-state index contributed by atoms with van der Waals surface area (Å²) in [6, 6.07) is 8.20. The summed E-state index contributed by atoms with van der Waals surface area (Å²) in [5, 5.41) is 2.66. The van der Waals surface area contributed by atoms with Crippen LogP contribution in [0.2, 0.25) is 0 Å². The Kier molecular flexibility index (Phi) is 6.91. The Hall–Kier alpha value is -2.67. The molecule has 1 aromatic heterocycles. The van der Waals surface area contributed by atoms with E-state index in [-0.39, 0.29) is 24.3 Å². The van der Waals surface area contributed by atoms with Gasteiger partial charge in [0.25, 0.3) is 5.91 Å². The smallest absolute Gasteiger partial charge is 0.329 e. The summed E-state index contributed by atoms with van der Waals surface area (Å²) >= 11 is 0. The van der Waals surface area contributed by atoms with Crippen molar-refractivity contribution in [3.8, 4) is 0 Å². The Morgan fingerprint density at radius 1 is 1.27 bits per heavy atom. The monoisotopic (exact) mass is 359 g/mol. The molecule has 1 aromatic carbocycles. The molecule has 1 amide bonds. The molecular weight excluding hydrogens is 334 g/mol. The first-order valence-electron chi connectivity index (χ1n) is 8.64. The molecule has 0 bridgehead atoms. The number of amides is 1. The number of esters is 1. The van der Waals surface area contributed by atoms with Gasteiger partial charge in [0.1, 0.15) is 18.9 Å². The van der Waals surface area contributed by atoms with E-state index in [0.717, 1.165) is 5.56 Å². The van der Waals surface area contributed by atoms with Gasteiger partial charge < -0.3 is 20.2 Å². The predicted molar refractivity (Wildman–Crippen MR) is 96.1 cm³/mol. The standard InChI is InChI=1S/C19H25N3O4/c1-4-14(20)18-21-15(11-25-18)17(23)22-16(12(2)3)19(24)26-10-13-8-6-5-7-9-13/h5-9,11-12,14,16H,4,10,20H2,1-3H3,(H,22,23). The normalized spacial score (nSPS) is 13.3. The summed E-state index contributed by atoms with van der Waals surface area (Å²) in [4.78, 5) is 28.9. The number of nitrogens with one attached hydrogen (secondary N) is 1. The second-order valence-electron chi connectivity index (χ2n) is 6.37. The lowest BCUT2D eigenvalue weighted by molar-refractivity contribution is -0.148. The number of aromatic nitrogens is 1. The molecule has 2 rings (SSSR count). The van der Waals surface area contributed by atoms with E-state index in [9.17, 15) is 9.59 Å². The quantitative estimate of drug-likeness (QED) is 0.702. The van der Waals surface area contributed by atoms with Gasteiger partial charge in [0.15, 0.2) is 5.69 Å². The van der Waals surface area contributed by atoms with Gasteiger partial charge >= 0.3 is 5.97 Å². The molecule has 2 unspecified atom stereocenters. The first-order chi connectivity index (χ1) is 12.4. The third-order valence-corrected chi connectivity index (χ3v) is 3.94. The van der Waals surface area contributed by atoms with Crippen LogP contribution in [-0.2, 0) is 16.1 Å². The molecule has 26 heavy (non-hydrogen) atoms. The number of nitrogens with two attached hydrogens (primary N) is 1. The zero-order valence-electron chi connectivity index (χ0n) is 15.3. The van der Waals surface area contributed by atoms with E-state index in [2.05, 4.69) is 10.3 Å². The van der Waals surface area contributed by atoms with Crippen LogP contribution in [-0.4, -0.2) is 22.9 Å². The van der Waals surface area contributed by atoms with Crippen LogP contribution in [0.15, 0.2) is 41.0 Å². The van der Waals surface area contributed by atoms with E-state index >= 15 is 0 Å². The number of ether oxygens (including phenoxy) is 1. The Morgan fingerprint density at radius 3 is 2.58 bits per heavy atom. The topological polar surface area (TPSA) is 107 Å². The maximum absolute atomic E-state index is 12.4. The number of nitrogens with zero attached hydrogens (tertiary/aromatic N) is 1. The van der Waals surface area contributed by atoms with Crippen molar-refractivity contribution < 1.29 is 18.7 Å². The van der Waals surface area contributed by atoms with Crippen LogP contribution in [0.4, 0.5) is 0 Å². The van der Waals surface area contributed by atoms with Gasteiger partial charge in [-0.05, 0) is 17.9 Å². The van der Waals surface area contributed by atoms with E-state index < -0.39 is 17.9 Å². The van der Waals surface area contributed by atoms with E-state index in [0.29, 0.717) is 12.3 Å². The molecule has 2 atom stereocenters. The van der Waals surface area contributed by atoms with Gasteiger partial charge in [-0.3, -0.25) is 4.79 Å². The minimum Gasteiger partial charge on any atom is -0.459 e. The highest BCUT2D eigenvalue weighted by Gasteiger charge is 2.27. The van der Waals surface area contributed by atoms with Gasteiger partial charge in [-0.2, -0.15) is 0 Å². The van der Waals surface area contributed by atoms with Gasteiger partial charge in [-0.15, -0.1) is 0 Å². The van der Waals surface area contributed by atoms with Crippen molar-refractivity contribution in [1.29, 1.82) is 0 Å². The van der Waals surface area contributed by atoms with Crippen LogP contribution in [0.3, 0.4) is 0 Å². The SMILES string of the molecule is CCC(N)c1nc(C(=O)NC(C(=O)OCc2ccccc2)C(C)C)co1. The molecule has 0 aliphatic carbocycles. The number of rotatable bonds is 8.